The monoisotopic (exact) mass is 229 g/mol. The molecule has 2 N–H and O–H groups in total. The van der Waals surface area contributed by atoms with Crippen LogP contribution in [0.15, 0.2) is 36.8 Å². The number of nitrogens with two attached hydrogens (primary N) is 1. The second kappa shape index (κ2) is 4.72. The van der Waals surface area contributed by atoms with Gasteiger partial charge in [0.15, 0.2) is 0 Å². The first kappa shape index (κ1) is 11.9. The summed E-state index contributed by atoms with van der Waals surface area (Å²) in [5.41, 5.74) is 9.42. The predicted molar refractivity (Wildman–Crippen MR) is 70.3 cm³/mol. The van der Waals surface area contributed by atoms with Gasteiger partial charge in [0.2, 0.25) is 0 Å². The molecule has 2 aromatic rings. The zero-order valence-corrected chi connectivity index (χ0v) is 10.6. The van der Waals surface area contributed by atoms with E-state index in [0.717, 1.165) is 11.4 Å². The molecule has 1 heterocycles. The van der Waals surface area contributed by atoms with Crippen molar-refractivity contribution in [1.29, 1.82) is 0 Å². The molecule has 0 aliphatic carbocycles. The lowest BCUT2D eigenvalue weighted by molar-refractivity contribution is 0.751. The number of hydrogen-bond donors (Lipinski definition) is 1. The van der Waals surface area contributed by atoms with Gasteiger partial charge in [-0.1, -0.05) is 26.0 Å². The first-order chi connectivity index (χ1) is 8.09. The van der Waals surface area contributed by atoms with Gasteiger partial charge in [0, 0.05) is 11.7 Å². The first-order valence-electron chi connectivity index (χ1n) is 5.97. The van der Waals surface area contributed by atoms with Crippen LogP contribution in [0.1, 0.15) is 44.0 Å². The van der Waals surface area contributed by atoms with Gasteiger partial charge in [-0.15, -0.1) is 0 Å². The fraction of sp³-hybridized carbons (Fsp3) is 0.357. The van der Waals surface area contributed by atoms with E-state index in [1.165, 1.54) is 5.56 Å². The third-order valence-electron chi connectivity index (χ3n) is 2.95. The van der Waals surface area contributed by atoms with Crippen LogP contribution in [0.2, 0.25) is 0 Å². The lowest BCUT2D eigenvalue weighted by atomic mass is 10.0. The summed E-state index contributed by atoms with van der Waals surface area (Å²) in [5, 5.41) is 0. The molecule has 90 valence electrons. The van der Waals surface area contributed by atoms with Crippen LogP contribution in [0.25, 0.3) is 5.69 Å². The topological polar surface area (TPSA) is 43.8 Å². The minimum absolute atomic E-state index is 0.0137. The van der Waals surface area contributed by atoms with Crippen molar-refractivity contribution in [3.63, 3.8) is 0 Å². The Morgan fingerprint density at radius 1 is 1.24 bits per heavy atom. The largest absolute Gasteiger partial charge is 0.323 e. The van der Waals surface area contributed by atoms with Gasteiger partial charge < -0.3 is 10.3 Å². The lowest BCUT2D eigenvalue weighted by Gasteiger charge is -2.13. The van der Waals surface area contributed by atoms with Crippen molar-refractivity contribution in [2.75, 3.05) is 0 Å². The molecule has 1 unspecified atom stereocenters. The maximum Gasteiger partial charge on any atom is 0.0994 e. The molecule has 0 spiro atoms. The second-order valence-electron chi connectivity index (χ2n) is 4.73. The molecule has 0 amide bonds. The van der Waals surface area contributed by atoms with Gasteiger partial charge in [0.05, 0.1) is 18.2 Å². The zero-order valence-electron chi connectivity index (χ0n) is 10.6. The van der Waals surface area contributed by atoms with E-state index in [1.807, 2.05) is 19.4 Å². The molecule has 0 radical (unpaired) electrons. The summed E-state index contributed by atoms with van der Waals surface area (Å²) < 4.78 is 2.05. The average molecular weight is 229 g/mol. The molecule has 0 saturated carbocycles. The molecule has 1 aromatic carbocycles. The number of nitrogens with zero attached hydrogens (tertiary/aromatic N) is 2. The molecular weight excluding hydrogens is 210 g/mol. The SMILES string of the molecule is CC(C)c1cccc(-n2cncc2C(C)N)c1. The van der Waals surface area contributed by atoms with Crippen LogP contribution in [-0.2, 0) is 0 Å². The molecule has 0 aliphatic rings. The Morgan fingerprint density at radius 2 is 2.00 bits per heavy atom. The molecule has 0 aliphatic heterocycles. The van der Waals surface area contributed by atoms with Gasteiger partial charge in [0.1, 0.15) is 0 Å². The van der Waals surface area contributed by atoms with Crippen LogP contribution in [0.4, 0.5) is 0 Å². The number of rotatable bonds is 3. The number of hydrogen-bond acceptors (Lipinski definition) is 2. The molecule has 2 rings (SSSR count). The Balaban J connectivity index is 2.46. The van der Waals surface area contributed by atoms with Gasteiger partial charge in [-0.05, 0) is 30.5 Å². The fourth-order valence-electron chi connectivity index (χ4n) is 1.89. The minimum Gasteiger partial charge on any atom is -0.323 e. The fourth-order valence-corrected chi connectivity index (χ4v) is 1.89. The van der Waals surface area contributed by atoms with Crippen LogP contribution in [0.5, 0.6) is 0 Å². The third-order valence-corrected chi connectivity index (χ3v) is 2.95. The van der Waals surface area contributed by atoms with Crippen molar-refractivity contribution in [2.45, 2.75) is 32.7 Å². The van der Waals surface area contributed by atoms with E-state index in [-0.39, 0.29) is 6.04 Å². The number of benzene rings is 1. The molecule has 0 bridgehead atoms. The van der Waals surface area contributed by atoms with E-state index in [1.54, 1.807) is 0 Å². The summed E-state index contributed by atoms with van der Waals surface area (Å²) in [6.07, 6.45) is 3.64. The van der Waals surface area contributed by atoms with Gasteiger partial charge in [0.25, 0.3) is 0 Å². The highest BCUT2D eigenvalue weighted by Gasteiger charge is 2.09. The normalized spacial score (nSPS) is 13.0. The molecule has 1 atom stereocenters. The highest BCUT2D eigenvalue weighted by atomic mass is 15.1. The Bertz CT molecular complexity index is 498. The minimum atomic E-state index is -0.0137. The number of imidazole rings is 1. The third kappa shape index (κ3) is 2.39. The van der Waals surface area contributed by atoms with E-state index in [4.69, 9.17) is 5.73 Å². The van der Waals surface area contributed by atoms with Crippen molar-refractivity contribution in [3.8, 4) is 5.69 Å². The molecule has 0 saturated heterocycles. The summed E-state index contributed by atoms with van der Waals surface area (Å²) in [5.74, 6) is 0.525. The van der Waals surface area contributed by atoms with Crippen LogP contribution >= 0.6 is 0 Å². The van der Waals surface area contributed by atoms with Gasteiger partial charge in [-0.3, -0.25) is 0 Å². The summed E-state index contributed by atoms with van der Waals surface area (Å²) >= 11 is 0. The average Bonchev–Trinajstić information content (AvgIpc) is 2.78. The highest BCUT2D eigenvalue weighted by molar-refractivity contribution is 5.38. The smallest absolute Gasteiger partial charge is 0.0994 e. The van der Waals surface area contributed by atoms with Gasteiger partial charge >= 0.3 is 0 Å². The molecule has 1 aromatic heterocycles. The van der Waals surface area contributed by atoms with Crippen LogP contribution in [0, 0.1) is 0 Å². The Morgan fingerprint density at radius 3 is 2.65 bits per heavy atom. The molecule has 0 fully saturated rings. The van der Waals surface area contributed by atoms with E-state index in [0.29, 0.717) is 5.92 Å². The van der Waals surface area contributed by atoms with Crippen LogP contribution in [0.3, 0.4) is 0 Å². The maximum atomic E-state index is 5.93. The van der Waals surface area contributed by atoms with Crippen molar-refractivity contribution in [1.82, 2.24) is 9.55 Å². The van der Waals surface area contributed by atoms with E-state index < -0.39 is 0 Å². The van der Waals surface area contributed by atoms with Gasteiger partial charge in [-0.2, -0.15) is 0 Å². The zero-order chi connectivity index (χ0) is 12.4. The molecular formula is C14H19N3. The molecule has 3 nitrogen and oxygen atoms in total. The number of aromatic nitrogens is 2. The summed E-state index contributed by atoms with van der Waals surface area (Å²) in [6.45, 7) is 6.36. The van der Waals surface area contributed by atoms with E-state index in [2.05, 4.69) is 47.7 Å². The van der Waals surface area contributed by atoms with E-state index >= 15 is 0 Å². The molecule has 17 heavy (non-hydrogen) atoms. The van der Waals surface area contributed by atoms with Crippen molar-refractivity contribution >= 4 is 0 Å². The Hall–Kier alpha value is -1.61. The van der Waals surface area contributed by atoms with Crippen molar-refractivity contribution in [3.05, 3.63) is 48.0 Å². The maximum absolute atomic E-state index is 5.93. The standard InChI is InChI=1S/C14H19N3/c1-10(2)12-5-4-6-13(7-12)17-9-16-8-14(17)11(3)15/h4-11H,15H2,1-3H3. The molecule has 3 heteroatoms. The Labute approximate surface area is 102 Å². The van der Waals surface area contributed by atoms with Crippen molar-refractivity contribution < 1.29 is 0 Å². The lowest BCUT2D eigenvalue weighted by Crippen LogP contribution is -2.10. The van der Waals surface area contributed by atoms with Crippen LogP contribution < -0.4 is 5.73 Å². The predicted octanol–water partition coefficient (Wildman–Crippen LogP) is 3.02. The summed E-state index contributed by atoms with van der Waals surface area (Å²) in [4.78, 5) is 4.18. The summed E-state index contributed by atoms with van der Waals surface area (Å²) in [6, 6.07) is 8.49. The van der Waals surface area contributed by atoms with E-state index in [9.17, 15) is 0 Å². The second-order valence-corrected chi connectivity index (χ2v) is 4.73. The Kier molecular flexibility index (Phi) is 3.29. The van der Waals surface area contributed by atoms with Gasteiger partial charge in [-0.25, -0.2) is 4.98 Å². The highest BCUT2D eigenvalue weighted by Crippen LogP contribution is 2.20. The van der Waals surface area contributed by atoms with Crippen LogP contribution in [-0.4, -0.2) is 9.55 Å². The quantitative estimate of drug-likeness (QED) is 0.879. The van der Waals surface area contributed by atoms with Crippen molar-refractivity contribution in [2.24, 2.45) is 5.73 Å². The summed E-state index contributed by atoms with van der Waals surface area (Å²) in [7, 11) is 0. The first-order valence-corrected chi connectivity index (χ1v) is 5.97.